The first-order chi connectivity index (χ1) is 12.5. The lowest BCUT2D eigenvalue weighted by Crippen LogP contribution is -2.51. The smallest absolute Gasteiger partial charge is 0.292 e. The van der Waals surface area contributed by atoms with Gasteiger partial charge in [0.15, 0.2) is 0 Å². The topological polar surface area (TPSA) is 96.5 Å². The van der Waals surface area contributed by atoms with Gasteiger partial charge in [-0.2, -0.15) is 5.10 Å². The molecular weight excluding hydrogens is 372 g/mol. The summed E-state index contributed by atoms with van der Waals surface area (Å²) < 4.78 is 1.67. The van der Waals surface area contributed by atoms with Gasteiger partial charge in [-0.25, -0.2) is 0 Å². The highest BCUT2D eigenvalue weighted by Crippen LogP contribution is 2.28. The van der Waals surface area contributed by atoms with Crippen molar-refractivity contribution < 1.29 is 9.72 Å². The minimum Gasteiger partial charge on any atom is -0.362 e. The zero-order valence-electron chi connectivity index (χ0n) is 15.2. The van der Waals surface area contributed by atoms with E-state index in [9.17, 15) is 14.9 Å². The SMILES string of the molecule is CNC(C(=O)N1CCN(c2ccccc2[N+](=O)[O-])CC1)c1cnn(C)c1.Cl. The molecule has 2 heterocycles. The van der Waals surface area contributed by atoms with Crippen molar-refractivity contribution in [3.8, 4) is 0 Å². The second-order valence-corrected chi connectivity index (χ2v) is 6.23. The Bertz CT molecular complexity index is 803. The first kappa shape index (κ1) is 20.7. The summed E-state index contributed by atoms with van der Waals surface area (Å²) >= 11 is 0. The van der Waals surface area contributed by atoms with E-state index >= 15 is 0 Å². The number of aryl methyl sites for hydroxylation is 1. The molecule has 9 nitrogen and oxygen atoms in total. The van der Waals surface area contributed by atoms with Gasteiger partial charge in [0, 0.05) is 51.1 Å². The second-order valence-electron chi connectivity index (χ2n) is 6.23. The van der Waals surface area contributed by atoms with Gasteiger partial charge in [0.2, 0.25) is 5.91 Å². The maximum atomic E-state index is 12.9. The molecule has 0 spiro atoms. The molecule has 1 atom stereocenters. The van der Waals surface area contributed by atoms with Crippen LogP contribution in [0.3, 0.4) is 0 Å². The van der Waals surface area contributed by atoms with Crippen LogP contribution in [0.25, 0.3) is 0 Å². The van der Waals surface area contributed by atoms with E-state index < -0.39 is 6.04 Å². The number of rotatable bonds is 5. The van der Waals surface area contributed by atoms with Gasteiger partial charge in [-0.05, 0) is 13.1 Å². The number of nitro benzene ring substituents is 1. The molecule has 2 aromatic rings. The molecule has 1 amide bonds. The fraction of sp³-hybridized carbons (Fsp3) is 0.412. The third-order valence-corrected chi connectivity index (χ3v) is 4.60. The first-order valence-corrected chi connectivity index (χ1v) is 8.44. The number of hydrogen-bond donors (Lipinski definition) is 1. The predicted octanol–water partition coefficient (Wildman–Crippen LogP) is 1.36. The lowest BCUT2D eigenvalue weighted by atomic mass is 10.1. The maximum absolute atomic E-state index is 12.9. The van der Waals surface area contributed by atoms with Gasteiger partial charge >= 0.3 is 0 Å². The molecule has 10 heteroatoms. The van der Waals surface area contributed by atoms with Gasteiger partial charge in [-0.1, -0.05) is 12.1 Å². The summed E-state index contributed by atoms with van der Waals surface area (Å²) in [5.74, 6) is -0.0114. The first-order valence-electron chi connectivity index (χ1n) is 8.44. The van der Waals surface area contributed by atoms with Gasteiger partial charge in [0.05, 0.1) is 11.1 Å². The summed E-state index contributed by atoms with van der Waals surface area (Å²) in [6.07, 6.45) is 3.51. The Kier molecular flexibility index (Phi) is 6.75. The molecule has 1 fully saturated rings. The van der Waals surface area contributed by atoms with Crippen molar-refractivity contribution in [2.45, 2.75) is 6.04 Å². The van der Waals surface area contributed by atoms with Crippen molar-refractivity contribution in [1.82, 2.24) is 20.0 Å². The number of hydrogen-bond acceptors (Lipinski definition) is 6. The largest absolute Gasteiger partial charge is 0.362 e. The Morgan fingerprint density at radius 3 is 2.48 bits per heavy atom. The molecule has 1 aliphatic rings. The molecule has 0 aliphatic carbocycles. The number of carbonyl (C=O) groups excluding carboxylic acids is 1. The van der Waals surface area contributed by atoms with Crippen LogP contribution >= 0.6 is 12.4 Å². The molecular formula is C17H23ClN6O3. The number of halogens is 1. The molecule has 1 saturated heterocycles. The molecule has 1 N–H and O–H groups in total. The van der Waals surface area contributed by atoms with Gasteiger partial charge in [0.1, 0.15) is 11.7 Å². The van der Waals surface area contributed by atoms with Crippen molar-refractivity contribution in [1.29, 1.82) is 0 Å². The predicted molar refractivity (Wildman–Crippen MR) is 104 cm³/mol. The van der Waals surface area contributed by atoms with Gasteiger partial charge < -0.3 is 15.1 Å². The Morgan fingerprint density at radius 2 is 1.93 bits per heavy atom. The highest BCUT2D eigenvalue weighted by Gasteiger charge is 2.30. The summed E-state index contributed by atoms with van der Waals surface area (Å²) in [6.45, 7) is 2.15. The van der Waals surface area contributed by atoms with Crippen LogP contribution in [0.4, 0.5) is 11.4 Å². The molecule has 1 unspecified atom stereocenters. The third kappa shape index (κ3) is 4.37. The Hall–Kier alpha value is -2.65. The van der Waals surface area contributed by atoms with Gasteiger partial charge in [-0.15, -0.1) is 12.4 Å². The lowest BCUT2D eigenvalue weighted by molar-refractivity contribution is -0.384. The van der Waals surface area contributed by atoms with Crippen molar-refractivity contribution in [2.24, 2.45) is 7.05 Å². The number of anilines is 1. The average molecular weight is 395 g/mol. The van der Waals surface area contributed by atoms with Crippen molar-refractivity contribution in [3.63, 3.8) is 0 Å². The van der Waals surface area contributed by atoms with E-state index in [1.165, 1.54) is 6.07 Å². The third-order valence-electron chi connectivity index (χ3n) is 4.60. The molecule has 0 saturated carbocycles. The van der Waals surface area contributed by atoms with E-state index in [4.69, 9.17) is 0 Å². The van der Waals surface area contributed by atoms with Crippen LogP contribution in [-0.4, -0.2) is 58.7 Å². The van der Waals surface area contributed by atoms with Crippen LogP contribution in [-0.2, 0) is 11.8 Å². The van der Waals surface area contributed by atoms with Gasteiger partial charge in [-0.3, -0.25) is 19.6 Å². The average Bonchev–Trinajstić information content (AvgIpc) is 3.08. The number of aromatic nitrogens is 2. The minimum absolute atomic E-state index is 0. The number of likely N-dealkylation sites (N-methyl/N-ethyl adjacent to an activating group) is 1. The van der Waals surface area contributed by atoms with Crippen LogP contribution in [0.15, 0.2) is 36.7 Å². The molecule has 0 radical (unpaired) electrons. The summed E-state index contributed by atoms with van der Waals surface area (Å²) in [5, 5.41) is 18.4. The van der Waals surface area contributed by atoms with E-state index in [-0.39, 0.29) is 28.9 Å². The fourth-order valence-corrected chi connectivity index (χ4v) is 3.26. The normalized spacial score (nSPS) is 15.2. The van der Waals surface area contributed by atoms with Crippen LogP contribution in [0, 0.1) is 10.1 Å². The molecule has 3 rings (SSSR count). The quantitative estimate of drug-likeness (QED) is 0.607. The standard InChI is InChI=1S/C17H22N6O3.ClH/c1-18-16(13-11-19-20(2)12-13)17(24)22-9-7-21(8-10-22)14-5-3-4-6-15(14)23(25)26;/h3-6,11-12,16,18H,7-10H2,1-2H3;1H. The number of amides is 1. The van der Waals surface area contributed by atoms with E-state index in [1.54, 1.807) is 41.0 Å². The fourth-order valence-electron chi connectivity index (χ4n) is 3.26. The highest BCUT2D eigenvalue weighted by molar-refractivity contribution is 5.85. The Labute approximate surface area is 163 Å². The summed E-state index contributed by atoms with van der Waals surface area (Å²) in [5.41, 5.74) is 1.51. The number of carbonyl (C=O) groups is 1. The lowest BCUT2D eigenvalue weighted by Gasteiger charge is -2.37. The summed E-state index contributed by atoms with van der Waals surface area (Å²) in [6, 6.07) is 6.27. The van der Waals surface area contributed by atoms with Crippen LogP contribution in [0.1, 0.15) is 11.6 Å². The second kappa shape index (κ2) is 8.83. The maximum Gasteiger partial charge on any atom is 0.292 e. The Balaban J connectivity index is 0.00000261. The summed E-state index contributed by atoms with van der Waals surface area (Å²) in [4.78, 5) is 27.5. The zero-order valence-corrected chi connectivity index (χ0v) is 16.1. The molecule has 1 aromatic carbocycles. The zero-order chi connectivity index (χ0) is 18.7. The van der Waals surface area contributed by atoms with E-state index in [0.717, 1.165) is 5.56 Å². The Morgan fingerprint density at radius 1 is 1.26 bits per heavy atom. The summed E-state index contributed by atoms with van der Waals surface area (Å²) in [7, 11) is 3.56. The van der Waals surface area contributed by atoms with E-state index in [2.05, 4.69) is 10.4 Å². The van der Waals surface area contributed by atoms with Crippen molar-refractivity contribution >= 4 is 29.7 Å². The van der Waals surface area contributed by atoms with Crippen molar-refractivity contribution in [3.05, 3.63) is 52.3 Å². The van der Waals surface area contributed by atoms with E-state index in [1.807, 2.05) is 18.1 Å². The number of nitro groups is 1. The van der Waals surface area contributed by atoms with E-state index in [0.29, 0.717) is 31.9 Å². The molecule has 1 aliphatic heterocycles. The number of piperazine rings is 1. The number of para-hydroxylation sites is 2. The molecule has 0 bridgehead atoms. The van der Waals surface area contributed by atoms with Crippen molar-refractivity contribution in [2.75, 3.05) is 38.1 Å². The van der Waals surface area contributed by atoms with Crippen LogP contribution in [0.5, 0.6) is 0 Å². The van der Waals surface area contributed by atoms with Gasteiger partial charge in [0.25, 0.3) is 5.69 Å². The van der Waals surface area contributed by atoms with Crippen LogP contribution in [0.2, 0.25) is 0 Å². The monoisotopic (exact) mass is 394 g/mol. The minimum atomic E-state index is -0.443. The highest BCUT2D eigenvalue weighted by atomic mass is 35.5. The number of benzene rings is 1. The molecule has 146 valence electrons. The number of nitrogens with one attached hydrogen (secondary N) is 1. The number of nitrogens with zero attached hydrogens (tertiary/aromatic N) is 5. The molecule has 27 heavy (non-hydrogen) atoms. The molecule has 1 aromatic heterocycles. The van der Waals surface area contributed by atoms with Crippen LogP contribution < -0.4 is 10.2 Å².